The normalized spacial score (nSPS) is 15.0. The molecule has 2 unspecified atom stereocenters. The largest absolute Gasteiger partial charge is 0.493 e. The molecular weight excluding hydrogens is 276 g/mol. The lowest BCUT2D eigenvalue weighted by atomic mass is 9.84. The van der Waals surface area contributed by atoms with Crippen LogP contribution >= 0.6 is 0 Å². The fourth-order valence-electron chi connectivity index (χ4n) is 2.26. The maximum atomic E-state index is 9.74. The minimum atomic E-state index is -0.685. The Morgan fingerprint density at radius 2 is 1.73 bits per heavy atom. The van der Waals surface area contributed by atoms with E-state index in [0.29, 0.717) is 18.9 Å². The summed E-state index contributed by atoms with van der Waals surface area (Å²) in [6.45, 7) is 13.2. The third-order valence-electron chi connectivity index (χ3n) is 3.71. The lowest BCUT2D eigenvalue weighted by Crippen LogP contribution is -2.23. The molecule has 3 heteroatoms. The lowest BCUT2D eigenvalue weighted by molar-refractivity contribution is 0.0265. The Morgan fingerprint density at radius 3 is 2.23 bits per heavy atom. The molecule has 2 N–H and O–H groups in total. The van der Waals surface area contributed by atoms with Gasteiger partial charge in [0.15, 0.2) is 0 Å². The van der Waals surface area contributed by atoms with Gasteiger partial charge >= 0.3 is 0 Å². The van der Waals surface area contributed by atoms with Crippen molar-refractivity contribution >= 4 is 0 Å². The van der Waals surface area contributed by atoms with E-state index in [1.165, 1.54) is 11.1 Å². The van der Waals surface area contributed by atoms with Crippen LogP contribution in [0.2, 0.25) is 0 Å². The summed E-state index contributed by atoms with van der Waals surface area (Å²) in [7, 11) is 0. The molecule has 0 aliphatic carbocycles. The zero-order valence-electron chi connectivity index (χ0n) is 14.9. The highest BCUT2D eigenvalue weighted by Crippen LogP contribution is 2.33. The summed E-state index contributed by atoms with van der Waals surface area (Å²) < 4.78 is 5.95. The molecule has 1 aromatic carbocycles. The van der Waals surface area contributed by atoms with Gasteiger partial charge in [-0.2, -0.15) is 0 Å². The number of aliphatic hydroxyl groups excluding tert-OH is 2. The number of aliphatic hydroxyl groups is 2. The number of benzene rings is 1. The van der Waals surface area contributed by atoms with Gasteiger partial charge in [-0.15, -0.1) is 0 Å². The molecule has 1 rings (SSSR count). The van der Waals surface area contributed by atoms with Gasteiger partial charge in [0.1, 0.15) is 5.75 Å². The summed E-state index contributed by atoms with van der Waals surface area (Å²) in [5.74, 6) is 1.44. The Balaban J connectivity index is 2.90. The van der Waals surface area contributed by atoms with Crippen molar-refractivity contribution in [3.05, 3.63) is 29.3 Å². The average molecular weight is 308 g/mol. The van der Waals surface area contributed by atoms with Gasteiger partial charge in [0.05, 0.1) is 18.8 Å². The fraction of sp³-hybridized carbons (Fsp3) is 0.684. The molecule has 2 atom stereocenters. The van der Waals surface area contributed by atoms with E-state index in [9.17, 15) is 10.2 Å². The van der Waals surface area contributed by atoms with E-state index in [0.717, 1.165) is 12.2 Å². The van der Waals surface area contributed by atoms with E-state index in [2.05, 4.69) is 46.8 Å². The van der Waals surface area contributed by atoms with Crippen molar-refractivity contribution in [2.75, 3.05) is 6.61 Å². The van der Waals surface area contributed by atoms with Gasteiger partial charge in [0.25, 0.3) is 0 Å². The third-order valence-corrected chi connectivity index (χ3v) is 3.71. The molecule has 0 aliphatic heterocycles. The Hall–Kier alpha value is -1.06. The first-order valence-corrected chi connectivity index (χ1v) is 8.23. The van der Waals surface area contributed by atoms with Crippen molar-refractivity contribution in [1.82, 2.24) is 0 Å². The van der Waals surface area contributed by atoms with Gasteiger partial charge in [0, 0.05) is 0 Å². The topological polar surface area (TPSA) is 49.7 Å². The zero-order valence-corrected chi connectivity index (χ0v) is 14.9. The Morgan fingerprint density at radius 1 is 1.09 bits per heavy atom. The first kappa shape index (κ1) is 19.0. The number of hydrogen-bond acceptors (Lipinski definition) is 3. The number of hydrogen-bond donors (Lipinski definition) is 2. The van der Waals surface area contributed by atoms with Gasteiger partial charge in [-0.05, 0) is 48.3 Å². The number of ether oxygens (including phenoxy) is 1. The van der Waals surface area contributed by atoms with Crippen molar-refractivity contribution < 1.29 is 14.9 Å². The van der Waals surface area contributed by atoms with Crippen LogP contribution in [0.4, 0.5) is 0 Å². The molecule has 22 heavy (non-hydrogen) atoms. The molecule has 0 saturated heterocycles. The van der Waals surface area contributed by atoms with Crippen LogP contribution in [0.5, 0.6) is 5.75 Å². The molecule has 0 fully saturated rings. The maximum Gasteiger partial charge on any atom is 0.123 e. The average Bonchev–Trinajstić information content (AvgIpc) is 2.41. The molecule has 126 valence electrons. The zero-order chi connectivity index (χ0) is 16.9. The summed E-state index contributed by atoms with van der Waals surface area (Å²) in [4.78, 5) is 0. The summed E-state index contributed by atoms with van der Waals surface area (Å²) in [6.07, 6.45) is -0.0433. The molecule has 3 nitrogen and oxygen atoms in total. The van der Waals surface area contributed by atoms with E-state index < -0.39 is 12.2 Å². The predicted molar refractivity (Wildman–Crippen MR) is 91.5 cm³/mol. The second-order valence-electron chi connectivity index (χ2n) is 7.63. The van der Waals surface area contributed by atoms with Crippen molar-refractivity contribution in [3.63, 3.8) is 0 Å². The van der Waals surface area contributed by atoms with Crippen LogP contribution in [0.25, 0.3) is 0 Å². The molecule has 0 radical (unpaired) electrons. The van der Waals surface area contributed by atoms with Crippen LogP contribution in [0, 0.1) is 5.92 Å². The van der Waals surface area contributed by atoms with E-state index in [1.54, 1.807) is 6.92 Å². The summed E-state index contributed by atoms with van der Waals surface area (Å²) in [5.41, 5.74) is 2.37. The SMILES string of the molecule is CC(C)COc1ccc(CCC(O)C(C)O)cc1C(C)(C)C. The quantitative estimate of drug-likeness (QED) is 0.807. The second kappa shape index (κ2) is 7.98. The molecule has 0 spiro atoms. The smallest absolute Gasteiger partial charge is 0.123 e. The maximum absolute atomic E-state index is 9.74. The van der Waals surface area contributed by atoms with Crippen molar-refractivity contribution in [2.45, 2.75) is 72.0 Å². The summed E-state index contributed by atoms with van der Waals surface area (Å²) in [5, 5.41) is 19.1. The first-order valence-electron chi connectivity index (χ1n) is 8.23. The highest BCUT2D eigenvalue weighted by Gasteiger charge is 2.20. The van der Waals surface area contributed by atoms with Crippen molar-refractivity contribution in [2.24, 2.45) is 5.92 Å². The van der Waals surface area contributed by atoms with Crippen molar-refractivity contribution in [3.8, 4) is 5.75 Å². The van der Waals surface area contributed by atoms with Crippen molar-refractivity contribution in [1.29, 1.82) is 0 Å². The highest BCUT2D eigenvalue weighted by molar-refractivity contribution is 5.41. The molecule has 0 aromatic heterocycles. The summed E-state index contributed by atoms with van der Waals surface area (Å²) >= 11 is 0. The van der Waals surface area contributed by atoms with E-state index in [1.807, 2.05) is 6.07 Å². The highest BCUT2D eigenvalue weighted by atomic mass is 16.5. The fourth-order valence-corrected chi connectivity index (χ4v) is 2.26. The van der Waals surface area contributed by atoms with Gasteiger partial charge in [-0.25, -0.2) is 0 Å². The molecule has 0 saturated carbocycles. The van der Waals surface area contributed by atoms with Crippen LogP contribution in [0.1, 0.15) is 59.1 Å². The first-order chi connectivity index (χ1) is 10.1. The predicted octanol–water partition coefficient (Wildman–Crippen LogP) is 3.69. The van der Waals surface area contributed by atoms with E-state index >= 15 is 0 Å². The van der Waals surface area contributed by atoms with Gasteiger partial charge < -0.3 is 14.9 Å². The standard InChI is InChI=1S/C19H32O3/c1-13(2)12-22-18-10-8-15(7-9-17(21)14(3)20)11-16(18)19(4,5)6/h8,10-11,13-14,17,20-21H,7,9,12H2,1-6H3. The molecule has 1 aromatic rings. The minimum Gasteiger partial charge on any atom is -0.493 e. The van der Waals surface area contributed by atoms with Crippen LogP contribution in [0.15, 0.2) is 18.2 Å². The van der Waals surface area contributed by atoms with Crippen LogP contribution < -0.4 is 4.74 Å². The molecule has 0 heterocycles. The Labute approximate surface area is 135 Å². The molecular formula is C19H32O3. The Kier molecular flexibility index (Phi) is 6.89. The van der Waals surface area contributed by atoms with E-state index in [-0.39, 0.29) is 5.41 Å². The number of rotatable bonds is 7. The summed E-state index contributed by atoms with van der Waals surface area (Å²) in [6, 6.07) is 6.26. The Bertz CT molecular complexity index is 458. The minimum absolute atomic E-state index is 0.00517. The van der Waals surface area contributed by atoms with Crippen LogP contribution in [-0.4, -0.2) is 29.0 Å². The van der Waals surface area contributed by atoms with Gasteiger partial charge in [-0.1, -0.05) is 46.8 Å². The molecule has 0 aliphatic rings. The second-order valence-corrected chi connectivity index (χ2v) is 7.63. The molecule has 0 bridgehead atoms. The van der Waals surface area contributed by atoms with Gasteiger partial charge in [0.2, 0.25) is 0 Å². The number of aryl methyl sites for hydroxylation is 1. The van der Waals surface area contributed by atoms with E-state index in [4.69, 9.17) is 4.74 Å². The monoisotopic (exact) mass is 308 g/mol. The molecule has 0 amide bonds. The lowest BCUT2D eigenvalue weighted by Gasteiger charge is -2.24. The third kappa shape index (κ3) is 5.98. The van der Waals surface area contributed by atoms with Crippen LogP contribution in [0.3, 0.4) is 0 Å². The van der Waals surface area contributed by atoms with Crippen LogP contribution in [-0.2, 0) is 11.8 Å². The van der Waals surface area contributed by atoms with Gasteiger partial charge in [-0.3, -0.25) is 0 Å².